The minimum absolute atomic E-state index is 0.0109. The molecule has 0 saturated heterocycles. The Morgan fingerprint density at radius 3 is 1.36 bits per heavy atom. The number of primary amides is 3. The normalized spacial score (nSPS) is 11.1. The molecular weight excluding hydrogens is 1030 g/mol. The summed E-state index contributed by atoms with van der Waals surface area (Å²) in [5.41, 5.74) is 20.9. The van der Waals surface area contributed by atoms with Crippen LogP contribution < -0.4 is 55.1 Å². The zero-order valence-electron chi connectivity index (χ0n) is 43.3. The van der Waals surface area contributed by atoms with Crippen LogP contribution in [-0.2, 0) is 19.6 Å². The number of rotatable bonds is 10. The molecule has 2 aromatic carbocycles. The molecule has 3 amide bonds. The van der Waals surface area contributed by atoms with Crippen molar-refractivity contribution in [3.63, 3.8) is 0 Å². The second-order valence-corrected chi connectivity index (χ2v) is 18.5. The zero-order chi connectivity index (χ0) is 57.2. The molecule has 0 fully saturated rings. The number of fused-ring (bicyclic) bond motifs is 6. The molecule has 23 nitrogen and oxygen atoms in total. The number of benzene rings is 2. The quantitative estimate of drug-likeness (QED) is 0.108. The van der Waals surface area contributed by atoms with Crippen LogP contribution in [-0.4, -0.2) is 71.7 Å². The first-order valence-corrected chi connectivity index (χ1v) is 24.8. The van der Waals surface area contributed by atoms with Gasteiger partial charge in [0.25, 0.3) is 34.4 Å². The SMILES string of the molecule is COc1ccc(Cn2c(=N)c(C(N)=O)cc3c(=O)n4ccccc4nc32)cc1.Cc1cccn2c(=O)c3cc(C(N)=O)c(=N)n(Cc4cccnc4)c3nc12.N=c1c(C(N)=O)cc2c(=O)n3ccccc3nc2n1Cc1ccccc1. The van der Waals surface area contributed by atoms with Gasteiger partial charge in [0.1, 0.15) is 56.1 Å². The number of pyridine rings is 7. The number of ether oxygens (including phenoxy) is 1. The maximum absolute atomic E-state index is 13.0. The van der Waals surface area contributed by atoms with Crippen LogP contribution in [0.15, 0.2) is 179 Å². The van der Waals surface area contributed by atoms with E-state index in [1.54, 1.807) is 103 Å². The van der Waals surface area contributed by atoms with Gasteiger partial charge in [-0.25, -0.2) is 15.0 Å². The lowest BCUT2D eigenvalue weighted by Crippen LogP contribution is -2.32. The van der Waals surface area contributed by atoms with Gasteiger partial charge in [-0.1, -0.05) is 66.7 Å². The Morgan fingerprint density at radius 1 is 0.481 bits per heavy atom. The van der Waals surface area contributed by atoms with Crippen molar-refractivity contribution in [2.45, 2.75) is 26.6 Å². The predicted octanol–water partition coefficient (Wildman–Crippen LogP) is 3.54. The summed E-state index contributed by atoms with van der Waals surface area (Å²) in [4.78, 5) is 92.2. The number of aromatic nitrogens is 10. The molecule has 10 heterocycles. The van der Waals surface area contributed by atoms with Crippen molar-refractivity contribution in [2.75, 3.05) is 7.11 Å². The lowest BCUT2D eigenvalue weighted by Gasteiger charge is -2.14. The van der Waals surface area contributed by atoms with Crippen molar-refractivity contribution < 1.29 is 19.1 Å². The van der Waals surface area contributed by atoms with Gasteiger partial charge in [-0.3, -0.25) is 63.2 Å². The van der Waals surface area contributed by atoms with E-state index in [0.29, 0.717) is 46.2 Å². The van der Waals surface area contributed by atoms with Gasteiger partial charge in [0.15, 0.2) is 0 Å². The van der Waals surface area contributed by atoms with E-state index in [-0.39, 0.29) is 79.1 Å². The first kappa shape index (κ1) is 52.9. The Hall–Kier alpha value is -11.5. The number of nitrogens with two attached hydrogens (primary N) is 3. The lowest BCUT2D eigenvalue weighted by atomic mass is 10.1. The highest BCUT2D eigenvalue weighted by Crippen LogP contribution is 2.18. The average Bonchev–Trinajstić information content (AvgIpc) is 3.53. The topological polar surface area (TPSA) is 341 Å². The molecule has 0 aliphatic rings. The maximum Gasteiger partial charge on any atom is 0.267 e. The average molecular weight is 1080 g/mol. The second-order valence-electron chi connectivity index (χ2n) is 18.5. The summed E-state index contributed by atoms with van der Waals surface area (Å²) in [5, 5.41) is 26.0. The molecule has 12 aromatic rings. The number of hydrogen-bond donors (Lipinski definition) is 6. The minimum Gasteiger partial charge on any atom is -0.497 e. The van der Waals surface area contributed by atoms with E-state index in [1.807, 2.05) is 61.5 Å². The highest BCUT2D eigenvalue weighted by atomic mass is 16.5. The molecular formula is C58H48N16O7. The Bertz CT molecular complexity index is 4920. The molecule has 0 aliphatic heterocycles. The van der Waals surface area contributed by atoms with Crippen molar-refractivity contribution >= 4 is 67.8 Å². The number of methoxy groups -OCH3 is 1. The largest absolute Gasteiger partial charge is 0.497 e. The van der Waals surface area contributed by atoms with Crippen LogP contribution in [0, 0.1) is 23.2 Å². The molecule has 23 heteroatoms. The molecule has 0 aliphatic carbocycles. The standard InChI is InChI=1S/C20H17N5O3.C19H16N6O2.C19H15N5O2/c1-28-13-7-5-12(6-8-13)11-25-17(21)14(18(22)26)10-15-19(25)23-16-4-2-3-9-24(16)20(15)27;1-11-4-3-7-24-17(11)23-18-14(19(24)27)8-13(16(21)26)15(20)25(18)10-12-5-2-6-22-9-12;20-16-13(17(21)25)10-14-18(24(16)11-12-6-2-1-3-7-12)22-15-8-4-5-9-23(15)19(14)26/h2-10,21H,11H2,1H3,(H2,22,26);2-9,20H,10H2,1H3,(H2,21,26);1-10,20H,11H2,(H2,21,25). The third-order valence-electron chi connectivity index (χ3n) is 13.3. The summed E-state index contributed by atoms with van der Waals surface area (Å²) in [7, 11) is 1.58. The monoisotopic (exact) mass is 1080 g/mol. The molecule has 0 atom stereocenters. The molecule has 402 valence electrons. The molecule has 12 rings (SSSR count). The van der Waals surface area contributed by atoms with E-state index in [0.717, 1.165) is 22.3 Å². The van der Waals surface area contributed by atoms with Crippen LogP contribution in [0.2, 0.25) is 0 Å². The third-order valence-corrected chi connectivity index (χ3v) is 13.3. The second kappa shape index (κ2) is 21.9. The van der Waals surface area contributed by atoms with Crippen LogP contribution in [0.5, 0.6) is 5.75 Å². The molecule has 0 saturated carbocycles. The Balaban J connectivity index is 0.000000136. The fourth-order valence-electron chi connectivity index (χ4n) is 9.25. The molecule has 0 spiro atoms. The summed E-state index contributed by atoms with van der Waals surface area (Å²) < 4.78 is 14.0. The lowest BCUT2D eigenvalue weighted by molar-refractivity contribution is 0.0989. The van der Waals surface area contributed by atoms with Gasteiger partial charge in [-0.15, -0.1) is 0 Å². The Kier molecular flexibility index (Phi) is 14.3. The van der Waals surface area contributed by atoms with Gasteiger partial charge < -0.3 is 35.6 Å². The summed E-state index contributed by atoms with van der Waals surface area (Å²) in [6.45, 7) is 2.64. The first-order chi connectivity index (χ1) is 39.0. The molecule has 0 unspecified atom stereocenters. The van der Waals surface area contributed by atoms with Crippen LogP contribution in [0.3, 0.4) is 0 Å². The number of carbonyl (C=O) groups is 3. The fourth-order valence-corrected chi connectivity index (χ4v) is 9.25. The fraction of sp³-hybridized carbons (Fsp3) is 0.0862. The number of carbonyl (C=O) groups excluding carboxylic acids is 3. The number of nitrogens with zero attached hydrogens (tertiary/aromatic N) is 10. The van der Waals surface area contributed by atoms with Crippen LogP contribution in [0.25, 0.3) is 50.0 Å². The van der Waals surface area contributed by atoms with Crippen molar-refractivity contribution in [3.8, 4) is 5.75 Å². The minimum atomic E-state index is -0.770. The van der Waals surface area contributed by atoms with Crippen molar-refractivity contribution in [1.29, 1.82) is 16.2 Å². The van der Waals surface area contributed by atoms with Gasteiger partial charge in [0.05, 0.1) is 59.6 Å². The van der Waals surface area contributed by atoms with E-state index < -0.39 is 17.7 Å². The van der Waals surface area contributed by atoms with Gasteiger partial charge in [0.2, 0.25) is 0 Å². The van der Waals surface area contributed by atoms with E-state index in [9.17, 15) is 28.8 Å². The molecule has 10 aromatic heterocycles. The van der Waals surface area contributed by atoms with Gasteiger partial charge in [-0.05, 0) is 95.9 Å². The third kappa shape index (κ3) is 10.2. The number of hydrogen-bond acceptors (Lipinski definition) is 14. The molecule has 81 heavy (non-hydrogen) atoms. The number of aryl methyl sites for hydroxylation is 1. The number of amides is 3. The van der Waals surface area contributed by atoms with Gasteiger partial charge in [-0.2, -0.15) is 0 Å². The van der Waals surface area contributed by atoms with E-state index in [2.05, 4.69) is 19.9 Å². The zero-order valence-corrected chi connectivity index (χ0v) is 43.3. The maximum atomic E-state index is 13.0. The molecule has 0 radical (unpaired) electrons. The smallest absolute Gasteiger partial charge is 0.267 e. The molecule has 0 bridgehead atoms. The van der Waals surface area contributed by atoms with Crippen molar-refractivity contribution in [3.05, 3.63) is 251 Å². The van der Waals surface area contributed by atoms with Gasteiger partial charge in [0, 0.05) is 31.0 Å². The Morgan fingerprint density at radius 2 is 0.901 bits per heavy atom. The summed E-state index contributed by atoms with van der Waals surface area (Å²) in [5.74, 6) is -1.59. The van der Waals surface area contributed by atoms with Crippen LogP contribution in [0.4, 0.5) is 0 Å². The summed E-state index contributed by atoms with van der Waals surface area (Å²) >= 11 is 0. The van der Waals surface area contributed by atoms with E-state index in [1.165, 1.54) is 40.5 Å². The highest BCUT2D eigenvalue weighted by molar-refractivity contribution is 5.97. The Labute approximate surface area is 455 Å². The predicted molar refractivity (Wildman–Crippen MR) is 300 cm³/mol. The van der Waals surface area contributed by atoms with Crippen molar-refractivity contribution in [2.24, 2.45) is 17.2 Å². The van der Waals surface area contributed by atoms with E-state index >= 15 is 0 Å². The van der Waals surface area contributed by atoms with E-state index in [4.69, 9.17) is 38.2 Å². The van der Waals surface area contributed by atoms with Crippen LogP contribution >= 0.6 is 0 Å². The summed E-state index contributed by atoms with van der Waals surface area (Å²) in [6.07, 6.45) is 8.16. The highest BCUT2D eigenvalue weighted by Gasteiger charge is 2.20. The van der Waals surface area contributed by atoms with Gasteiger partial charge >= 0.3 is 0 Å². The van der Waals surface area contributed by atoms with Crippen molar-refractivity contribution in [1.82, 2.24) is 46.8 Å². The first-order valence-electron chi connectivity index (χ1n) is 24.8. The summed E-state index contributed by atoms with van der Waals surface area (Å²) in [6, 6.07) is 38.5. The van der Waals surface area contributed by atoms with Crippen LogP contribution in [0.1, 0.15) is 53.3 Å². The number of nitrogens with one attached hydrogen (secondary N) is 3. The molecule has 9 N–H and O–H groups in total.